The smallest absolute Gasteiger partial charge is 0.335 e. The van der Waals surface area contributed by atoms with Gasteiger partial charge in [0.05, 0.1) is 5.56 Å². The highest BCUT2D eigenvalue weighted by Gasteiger charge is 2.37. The van der Waals surface area contributed by atoms with Crippen molar-refractivity contribution in [3.8, 4) is 0 Å². The van der Waals surface area contributed by atoms with Crippen LogP contribution in [-0.4, -0.2) is 59.9 Å². The molecule has 200 valence electrons. The Labute approximate surface area is 220 Å². The van der Waals surface area contributed by atoms with Crippen LogP contribution in [0.5, 0.6) is 0 Å². The van der Waals surface area contributed by atoms with E-state index in [-0.39, 0.29) is 18.1 Å². The van der Waals surface area contributed by atoms with E-state index in [1.807, 2.05) is 73.6 Å². The van der Waals surface area contributed by atoms with Crippen LogP contribution in [0.1, 0.15) is 22.3 Å². The number of nitrogens with one attached hydrogen (secondary N) is 1. The highest BCUT2D eigenvalue weighted by Crippen LogP contribution is 2.31. The third-order valence-electron chi connectivity index (χ3n) is 6.58. The molecule has 38 heavy (non-hydrogen) atoms. The normalized spacial score (nSPS) is 15.2. The fourth-order valence-corrected chi connectivity index (χ4v) is 4.53. The Balaban J connectivity index is 1.62. The second kappa shape index (κ2) is 11.7. The van der Waals surface area contributed by atoms with Crippen LogP contribution in [0.3, 0.4) is 0 Å². The summed E-state index contributed by atoms with van der Waals surface area (Å²) in [4.78, 5) is 32.6. The Kier molecular flexibility index (Phi) is 8.36. The Morgan fingerprint density at radius 1 is 0.921 bits per heavy atom. The molecule has 1 atom stereocenters. The molecule has 0 unspecified atom stereocenters. The van der Waals surface area contributed by atoms with Crippen molar-refractivity contribution in [3.63, 3.8) is 0 Å². The number of likely N-dealkylation sites (N-methyl/N-ethyl adjacent to an activating group) is 1. The molecule has 1 aliphatic rings. The number of nitrogens with zero attached hydrogens (tertiary/aromatic N) is 3. The lowest BCUT2D eigenvalue weighted by molar-refractivity contribution is -0.138. The van der Waals surface area contributed by atoms with Crippen LogP contribution in [0.2, 0.25) is 0 Å². The van der Waals surface area contributed by atoms with Gasteiger partial charge in [-0.2, -0.15) is 13.2 Å². The zero-order valence-corrected chi connectivity index (χ0v) is 21.4. The van der Waals surface area contributed by atoms with Gasteiger partial charge in [0.2, 0.25) is 5.91 Å². The van der Waals surface area contributed by atoms with Gasteiger partial charge in [-0.15, -0.1) is 0 Å². The van der Waals surface area contributed by atoms with E-state index >= 15 is 0 Å². The van der Waals surface area contributed by atoms with Crippen molar-refractivity contribution in [2.24, 2.45) is 0 Å². The molecule has 3 amide bonds. The molecular weight excluding hydrogens is 493 g/mol. The number of halogens is 3. The van der Waals surface area contributed by atoms with Crippen molar-refractivity contribution in [3.05, 3.63) is 101 Å². The van der Waals surface area contributed by atoms with Crippen molar-refractivity contribution < 1.29 is 22.8 Å². The number of carbonyl (C=O) groups excluding carboxylic acids is 2. The van der Waals surface area contributed by atoms with Gasteiger partial charge in [-0.25, -0.2) is 4.79 Å². The van der Waals surface area contributed by atoms with Crippen LogP contribution in [0, 0.1) is 0 Å². The fourth-order valence-electron chi connectivity index (χ4n) is 4.53. The molecule has 1 N–H and O–H groups in total. The zero-order valence-electron chi connectivity index (χ0n) is 21.4. The molecule has 6 nitrogen and oxygen atoms in total. The molecule has 0 fully saturated rings. The zero-order chi connectivity index (χ0) is 27.3. The van der Waals surface area contributed by atoms with Crippen LogP contribution in [0.4, 0.5) is 23.7 Å². The largest absolute Gasteiger partial charge is 0.416 e. The van der Waals surface area contributed by atoms with Gasteiger partial charge >= 0.3 is 12.2 Å². The van der Waals surface area contributed by atoms with Gasteiger partial charge in [-0.1, -0.05) is 60.7 Å². The standard InChI is InChI=1S/C29H31F3N4O2/c1-34(2)15-16-35(19-21-9-4-3-5-10-21)27(37)26-17-22-11-6-7-12-23(22)20-36(26)28(38)33-25-14-8-13-24(18-25)29(30,31)32/h3-14,18,26H,15-17,19-20H2,1-2H3,(H,33,38)/t26-/m0/s1. The predicted octanol–water partition coefficient (Wildman–Crippen LogP) is 5.25. The Hall–Kier alpha value is -3.85. The first kappa shape index (κ1) is 27.2. The first-order valence-corrected chi connectivity index (χ1v) is 12.4. The lowest BCUT2D eigenvalue weighted by atomic mass is 9.93. The van der Waals surface area contributed by atoms with Gasteiger partial charge in [0, 0.05) is 38.3 Å². The topological polar surface area (TPSA) is 55.9 Å². The number of alkyl halides is 3. The number of hydrogen-bond acceptors (Lipinski definition) is 3. The predicted molar refractivity (Wildman–Crippen MR) is 140 cm³/mol. The maximum Gasteiger partial charge on any atom is 0.416 e. The number of anilines is 1. The monoisotopic (exact) mass is 524 g/mol. The Morgan fingerprint density at radius 3 is 2.29 bits per heavy atom. The molecule has 9 heteroatoms. The van der Waals surface area contributed by atoms with E-state index < -0.39 is 23.8 Å². The van der Waals surface area contributed by atoms with E-state index in [0.29, 0.717) is 26.1 Å². The number of rotatable bonds is 7. The number of amides is 3. The summed E-state index contributed by atoms with van der Waals surface area (Å²) in [5.74, 6) is -0.204. The average molecular weight is 525 g/mol. The summed E-state index contributed by atoms with van der Waals surface area (Å²) >= 11 is 0. The van der Waals surface area contributed by atoms with Crippen LogP contribution >= 0.6 is 0 Å². The number of carbonyl (C=O) groups is 2. The van der Waals surface area contributed by atoms with E-state index in [2.05, 4.69) is 5.32 Å². The maximum absolute atomic E-state index is 14.0. The van der Waals surface area contributed by atoms with Gasteiger partial charge in [0.15, 0.2) is 0 Å². The quantitative estimate of drug-likeness (QED) is 0.459. The van der Waals surface area contributed by atoms with E-state index in [1.165, 1.54) is 17.0 Å². The van der Waals surface area contributed by atoms with Gasteiger partial charge in [-0.3, -0.25) is 4.79 Å². The molecule has 3 aromatic carbocycles. The van der Waals surface area contributed by atoms with Crippen molar-refractivity contribution in [2.75, 3.05) is 32.5 Å². The molecule has 0 aliphatic carbocycles. The molecular formula is C29H31F3N4O2. The average Bonchev–Trinajstić information content (AvgIpc) is 2.90. The van der Waals surface area contributed by atoms with Gasteiger partial charge in [-0.05, 0) is 49.0 Å². The highest BCUT2D eigenvalue weighted by atomic mass is 19.4. The number of fused-ring (bicyclic) bond motifs is 1. The summed E-state index contributed by atoms with van der Waals surface area (Å²) in [7, 11) is 3.85. The summed E-state index contributed by atoms with van der Waals surface area (Å²) in [6, 6.07) is 20.3. The first-order valence-electron chi connectivity index (χ1n) is 12.4. The van der Waals surface area contributed by atoms with Gasteiger partial charge in [0.1, 0.15) is 6.04 Å². The van der Waals surface area contributed by atoms with Crippen molar-refractivity contribution in [1.82, 2.24) is 14.7 Å². The third kappa shape index (κ3) is 6.72. The van der Waals surface area contributed by atoms with Crippen LogP contribution in [-0.2, 0) is 30.5 Å². The fraction of sp³-hybridized carbons (Fsp3) is 0.310. The lowest BCUT2D eigenvalue weighted by Crippen LogP contribution is -2.55. The van der Waals surface area contributed by atoms with E-state index in [1.54, 1.807) is 4.90 Å². The van der Waals surface area contributed by atoms with Crippen molar-refractivity contribution in [2.45, 2.75) is 31.7 Å². The van der Waals surface area contributed by atoms with Gasteiger partial charge < -0.3 is 20.0 Å². The summed E-state index contributed by atoms with van der Waals surface area (Å²) < 4.78 is 39.6. The first-order chi connectivity index (χ1) is 18.1. The Bertz CT molecular complexity index is 1260. The molecule has 0 spiro atoms. The highest BCUT2D eigenvalue weighted by molar-refractivity contribution is 5.94. The van der Waals surface area contributed by atoms with E-state index in [9.17, 15) is 22.8 Å². The van der Waals surface area contributed by atoms with Crippen LogP contribution in [0.15, 0.2) is 78.9 Å². The second-order valence-electron chi connectivity index (χ2n) is 9.67. The summed E-state index contributed by atoms with van der Waals surface area (Å²) in [5, 5.41) is 2.59. The minimum absolute atomic E-state index is 0.0173. The number of urea groups is 1. The lowest BCUT2D eigenvalue weighted by Gasteiger charge is -2.39. The third-order valence-corrected chi connectivity index (χ3v) is 6.58. The second-order valence-corrected chi connectivity index (χ2v) is 9.67. The number of hydrogen-bond donors (Lipinski definition) is 1. The summed E-state index contributed by atoms with van der Waals surface area (Å²) in [6.45, 7) is 1.65. The van der Waals surface area contributed by atoms with Crippen molar-refractivity contribution >= 4 is 17.6 Å². The number of benzene rings is 3. The minimum Gasteiger partial charge on any atom is -0.335 e. The summed E-state index contributed by atoms with van der Waals surface area (Å²) in [5.41, 5.74) is 2.00. The van der Waals surface area contributed by atoms with E-state index in [4.69, 9.17) is 0 Å². The molecule has 4 rings (SSSR count). The molecule has 0 aromatic heterocycles. The molecule has 0 bridgehead atoms. The SMILES string of the molecule is CN(C)CCN(Cc1ccccc1)C(=O)[C@@H]1Cc2ccccc2CN1C(=O)Nc1cccc(C(F)(F)F)c1. The Morgan fingerprint density at radius 2 is 1.61 bits per heavy atom. The molecule has 3 aromatic rings. The maximum atomic E-state index is 14.0. The molecule has 1 heterocycles. The molecule has 0 saturated heterocycles. The molecule has 0 radical (unpaired) electrons. The summed E-state index contributed by atoms with van der Waals surface area (Å²) in [6.07, 6.45) is -4.22. The molecule has 0 saturated carbocycles. The van der Waals surface area contributed by atoms with Crippen LogP contribution in [0.25, 0.3) is 0 Å². The minimum atomic E-state index is -4.53. The van der Waals surface area contributed by atoms with Crippen molar-refractivity contribution in [1.29, 1.82) is 0 Å². The molecule has 1 aliphatic heterocycles. The van der Waals surface area contributed by atoms with Gasteiger partial charge in [0.25, 0.3) is 0 Å². The van der Waals surface area contributed by atoms with E-state index in [0.717, 1.165) is 28.8 Å². The van der Waals surface area contributed by atoms with Crippen LogP contribution < -0.4 is 5.32 Å².